The van der Waals surface area contributed by atoms with Gasteiger partial charge in [0.2, 0.25) is 0 Å². The van der Waals surface area contributed by atoms with E-state index >= 15 is 0 Å². The Morgan fingerprint density at radius 1 is 1.24 bits per heavy atom. The van der Waals surface area contributed by atoms with Crippen LogP contribution in [-0.2, 0) is 0 Å². The Morgan fingerprint density at radius 3 is 2.62 bits per heavy atom. The average molecular weight is 292 g/mol. The van der Waals surface area contributed by atoms with Crippen molar-refractivity contribution in [2.24, 2.45) is 4.99 Å². The van der Waals surface area contributed by atoms with Crippen LogP contribution in [0.15, 0.2) is 57.2 Å². The molecule has 2 aliphatic heterocycles. The molecular weight excluding hydrogens is 280 g/mol. The van der Waals surface area contributed by atoms with Crippen LogP contribution in [0.4, 0.5) is 0 Å². The molecule has 0 amide bonds. The summed E-state index contributed by atoms with van der Waals surface area (Å²) in [5.74, 6) is 1.74. The van der Waals surface area contributed by atoms with Gasteiger partial charge >= 0.3 is 0 Å². The molecule has 1 aromatic carbocycles. The highest BCUT2D eigenvalue weighted by Gasteiger charge is 2.31. The van der Waals surface area contributed by atoms with Crippen molar-refractivity contribution in [3.8, 4) is 12.1 Å². The van der Waals surface area contributed by atoms with Crippen LogP contribution in [0.3, 0.4) is 0 Å². The third-order valence-corrected chi connectivity index (χ3v) is 4.67. The molecule has 0 N–H and O–H groups in total. The molecule has 2 aliphatic rings. The highest BCUT2D eigenvalue weighted by atomic mass is 32.2. The van der Waals surface area contributed by atoms with Gasteiger partial charge in [0.15, 0.2) is 5.57 Å². The third-order valence-electron chi connectivity index (χ3n) is 3.47. The first-order chi connectivity index (χ1) is 10.3. The lowest BCUT2D eigenvalue weighted by atomic mass is 10.0. The molecule has 3 rings (SSSR count). The summed E-state index contributed by atoms with van der Waals surface area (Å²) >= 11 is 1.75. The Balaban J connectivity index is 2.20. The topological polar surface area (TPSA) is 63.2 Å². The fourth-order valence-electron chi connectivity index (χ4n) is 2.49. The second kappa shape index (κ2) is 5.47. The Labute approximate surface area is 127 Å². The zero-order valence-electron chi connectivity index (χ0n) is 11.5. The minimum absolute atomic E-state index is 0.0894. The third kappa shape index (κ3) is 2.22. The molecule has 0 aromatic heterocycles. The van der Waals surface area contributed by atoms with Crippen LogP contribution in [-0.4, -0.2) is 23.5 Å². The van der Waals surface area contributed by atoms with Gasteiger partial charge in [-0.1, -0.05) is 30.3 Å². The first-order valence-electron chi connectivity index (χ1n) is 6.55. The number of rotatable bonds is 1. The van der Waals surface area contributed by atoms with Gasteiger partial charge in [-0.25, -0.2) is 4.99 Å². The van der Waals surface area contributed by atoms with E-state index in [-0.39, 0.29) is 5.57 Å². The molecular formula is C16H12N4S. The van der Waals surface area contributed by atoms with Crippen molar-refractivity contribution in [2.75, 3.05) is 12.8 Å². The molecule has 0 saturated heterocycles. The zero-order chi connectivity index (χ0) is 14.8. The number of benzene rings is 1. The van der Waals surface area contributed by atoms with E-state index in [9.17, 15) is 10.5 Å². The quantitative estimate of drug-likeness (QED) is 0.746. The predicted molar refractivity (Wildman–Crippen MR) is 83.1 cm³/mol. The van der Waals surface area contributed by atoms with E-state index in [0.717, 1.165) is 34.2 Å². The van der Waals surface area contributed by atoms with Gasteiger partial charge in [0.25, 0.3) is 0 Å². The van der Waals surface area contributed by atoms with Gasteiger partial charge in [0.1, 0.15) is 18.0 Å². The number of hydrogen-bond donors (Lipinski definition) is 0. The van der Waals surface area contributed by atoms with Crippen molar-refractivity contribution < 1.29 is 0 Å². The minimum atomic E-state index is 0.0894. The molecule has 0 unspecified atom stereocenters. The maximum atomic E-state index is 9.18. The number of thioether (sulfide) groups is 1. The number of aliphatic imine (C=N–C) groups is 1. The molecule has 0 saturated carbocycles. The molecule has 102 valence electrons. The van der Waals surface area contributed by atoms with E-state index in [4.69, 9.17) is 0 Å². The van der Waals surface area contributed by atoms with Crippen molar-refractivity contribution in [3.05, 3.63) is 57.8 Å². The molecule has 0 spiro atoms. The highest BCUT2D eigenvalue weighted by molar-refractivity contribution is 8.03. The maximum Gasteiger partial charge on any atom is 0.155 e. The molecule has 0 aliphatic carbocycles. The molecule has 4 nitrogen and oxygen atoms in total. The van der Waals surface area contributed by atoms with Crippen LogP contribution in [0, 0.1) is 22.7 Å². The summed E-state index contributed by atoms with van der Waals surface area (Å²) in [6.45, 7) is 0. The Kier molecular flexibility index (Phi) is 3.51. The SMILES string of the molecule is CN1C(c2ccccc2)=NC(=C(C#N)C#N)C2=C1SCC2. The number of hydrogen-bond acceptors (Lipinski definition) is 5. The molecule has 0 atom stereocenters. The fraction of sp³-hybridized carbons (Fsp3) is 0.188. The largest absolute Gasteiger partial charge is 0.323 e. The van der Waals surface area contributed by atoms with E-state index in [0.29, 0.717) is 5.70 Å². The first kappa shape index (κ1) is 13.5. The van der Waals surface area contributed by atoms with Gasteiger partial charge in [-0.15, -0.1) is 11.8 Å². The number of amidine groups is 1. The van der Waals surface area contributed by atoms with Crippen molar-refractivity contribution >= 4 is 17.6 Å². The lowest BCUT2D eigenvalue weighted by molar-refractivity contribution is 0.653. The monoisotopic (exact) mass is 292 g/mol. The second-order valence-electron chi connectivity index (χ2n) is 4.69. The summed E-state index contributed by atoms with van der Waals surface area (Å²) in [5.41, 5.74) is 2.62. The van der Waals surface area contributed by atoms with Gasteiger partial charge in [0.05, 0.1) is 10.7 Å². The van der Waals surface area contributed by atoms with Crippen molar-refractivity contribution in [3.63, 3.8) is 0 Å². The van der Waals surface area contributed by atoms with E-state index in [1.54, 1.807) is 11.8 Å². The first-order valence-corrected chi connectivity index (χ1v) is 7.53. The summed E-state index contributed by atoms with van der Waals surface area (Å²) in [5, 5.41) is 19.5. The molecule has 5 heteroatoms. The number of nitrogens with zero attached hydrogens (tertiary/aromatic N) is 4. The Hall–Kier alpha value is -2.50. The lowest BCUT2D eigenvalue weighted by Crippen LogP contribution is -2.29. The van der Waals surface area contributed by atoms with Crippen LogP contribution in [0.2, 0.25) is 0 Å². The molecule has 0 fully saturated rings. The second-order valence-corrected chi connectivity index (χ2v) is 5.77. The molecule has 0 bridgehead atoms. The van der Waals surface area contributed by atoms with Crippen LogP contribution in [0.5, 0.6) is 0 Å². The fourth-order valence-corrected chi connectivity index (χ4v) is 3.64. The minimum Gasteiger partial charge on any atom is -0.323 e. The van der Waals surface area contributed by atoms with Crippen LogP contribution in [0.1, 0.15) is 12.0 Å². The predicted octanol–water partition coefficient (Wildman–Crippen LogP) is 3.03. The number of nitriles is 2. The van der Waals surface area contributed by atoms with Crippen molar-refractivity contribution in [1.82, 2.24) is 4.90 Å². The Morgan fingerprint density at radius 2 is 1.95 bits per heavy atom. The molecule has 1 aromatic rings. The average Bonchev–Trinajstić information content (AvgIpc) is 3.01. The summed E-state index contributed by atoms with van der Waals surface area (Å²) in [6, 6.07) is 13.8. The smallest absolute Gasteiger partial charge is 0.155 e. The Bertz CT molecular complexity index is 744. The van der Waals surface area contributed by atoms with E-state index < -0.39 is 0 Å². The van der Waals surface area contributed by atoms with Gasteiger partial charge in [-0.2, -0.15) is 10.5 Å². The standard InChI is InChI=1S/C16H12N4S/c1-20-15(11-5-3-2-4-6-11)19-14(12(9-17)10-18)13-7-8-21-16(13)20/h2-6H,7-8H2,1H3. The summed E-state index contributed by atoms with van der Waals surface area (Å²) < 4.78 is 0. The normalized spacial score (nSPS) is 17.0. The van der Waals surface area contributed by atoms with Gasteiger partial charge in [0, 0.05) is 23.9 Å². The number of allylic oxidation sites excluding steroid dienone is 2. The van der Waals surface area contributed by atoms with E-state index in [1.165, 1.54) is 0 Å². The van der Waals surface area contributed by atoms with Crippen molar-refractivity contribution in [2.45, 2.75) is 6.42 Å². The summed E-state index contributed by atoms with van der Waals surface area (Å²) in [7, 11) is 1.98. The molecule has 21 heavy (non-hydrogen) atoms. The van der Waals surface area contributed by atoms with Gasteiger partial charge < -0.3 is 4.90 Å². The summed E-state index contributed by atoms with van der Waals surface area (Å²) in [6.07, 6.45) is 0.845. The van der Waals surface area contributed by atoms with Crippen LogP contribution in [0.25, 0.3) is 0 Å². The van der Waals surface area contributed by atoms with Gasteiger partial charge in [-0.05, 0) is 6.42 Å². The lowest BCUT2D eigenvalue weighted by Gasteiger charge is -2.28. The van der Waals surface area contributed by atoms with E-state index in [1.807, 2.05) is 49.5 Å². The highest BCUT2D eigenvalue weighted by Crippen LogP contribution is 2.42. The van der Waals surface area contributed by atoms with Gasteiger partial charge in [-0.3, -0.25) is 0 Å². The summed E-state index contributed by atoms with van der Waals surface area (Å²) in [4.78, 5) is 6.68. The van der Waals surface area contributed by atoms with Crippen LogP contribution < -0.4 is 0 Å². The van der Waals surface area contributed by atoms with Crippen LogP contribution >= 0.6 is 11.8 Å². The molecule has 2 heterocycles. The zero-order valence-corrected chi connectivity index (χ0v) is 12.3. The van der Waals surface area contributed by atoms with E-state index in [2.05, 4.69) is 9.89 Å². The van der Waals surface area contributed by atoms with Crippen molar-refractivity contribution in [1.29, 1.82) is 10.5 Å². The molecule has 0 radical (unpaired) electrons. The maximum absolute atomic E-state index is 9.18.